The summed E-state index contributed by atoms with van der Waals surface area (Å²) in [7, 11) is 0. The van der Waals surface area contributed by atoms with Crippen molar-refractivity contribution in [3.63, 3.8) is 0 Å². The number of esters is 1. The third-order valence-corrected chi connectivity index (χ3v) is 5.88. The van der Waals surface area contributed by atoms with Crippen molar-refractivity contribution in [2.45, 2.75) is 97.6 Å². The van der Waals surface area contributed by atoms with E-state index in [-0.39, 0.29) is 30.1 Å². The molecule has 0 spiro atoms. The highest BCUT2D eigenvalue weighted by Gasteiger charge is 2.46. The van der Waals surface area contributed by atoms with Gasteiger partial charge in [-0.25, -0.2) is 4.79 Å². The molecular formula is C26H44N2O4. The van der Waals surface area contributed by atoms with Crippen LogP contribution in [0.15, 0.2) is 37.0 Å². The molecule has 32 heavy (non-hydrogen) atoms. The first-order valence-electron chi connectivity index (χ1n) is 11.8. The molecule has 1 rings (SSSR count). The van der Waals surface area contributed by atoms with Crippen LogP contribution in [0.2, 0.25) is 0 Å². The third-order valence-electron chi connectivity index (χ3n) is 5.88. The van der Waals surface area contributed by atoms with E-state index in [4.69, 9.17) is 9.47 Å². The minimum atomic E-state index is -0.432. The predicted molar refractivity (Wildman–Crippen MR) is 130 cm³/mol. The number of amides is 1. The second kappa shape index (κ2) is 12.9. The van der Waals surface area contributed by atoms with Crippen LogP contribution in [-0.4, -0.2) is 71.2 Å². The molecule has 0 saturated heterocycles. The first kappa shape index (κ1) is 28.1. The maximum Gasteiger partial charge on any atom is 0.333 e. The number of rotatable bonds is 12. The standard InChI is InChI=1S/C26H44N2O4/c1-10-15-27(16-11-2)22-17-20(25(30)31-14-5)18-23(32-21(12-3)13-4)24(22)28(19(6)29)26(7,8)9/h10-11,18,21-24H,1-2,12-17H2,3-9H3. The summed E-state index contributed by atoms with van der Waals surface area (Å²) >= 11 is 0. The lowest BCUT2D eigenvalue weighted by atomic mass is 9.83. The number of hydrogen-bond acceptors (Lipinski definition) is 5. The van der Waals surface area contributed by atoms with Gasteiger partial charge in [0.15, 0.2) is 0 Å². The Labute approximate surface area is 195 Å². The topological polar surface area (TPSA) is 59.1 Å². The van der Waals surface area contributed by atoms with Gasteiger partial charge in [0.25, 0.3) is 0 Å². The summed E-state index contributed by atoms with van der Waals surface area (Å²) in [5.74, 6) is -0.341. The zero-order chi connectivity index (χ0) is 24.5. The van der Waals surface area contributed by atoms with E-state index in [1.165, 1.54) is 0 Å². The van der Waals surface area contributed by atoms with Gasteiger partial charge in [0, 0.05) is 37.2 Å². The molecule has 6 heteroatoms. The minimum Gasteiger partial charge on any atom is -0.463 e. The summed E-state index contributed by atoms with van der Waals surface area (Å²) < 4.78 is 11.9. The molecule has 0 radical (unpaired) electrons. The maximum atomic E-state index is 13.0. The Morgan fingerprint density at radius 1 is 1.16 bits per heavy atom. The van der Waals surface area contributed by atoms with Gasteiger partial charge in [0.2, 0.25) is 5.91 Å². The summed E-state index contributed by atoms with van der Waals surface area (Å²) in [6.07, 6.45) is 7.34. The number of carbonyl (C=O) groups is 2. The van der Waals surface area contributed by atoms with Crippen molar-refractivity contribution in [3.05, 3.63) is 37.0 Å². The van der Waals surface area contributed by atoms with Gasteiger partial charge in [-0.1, -0.05) is 26.0 Å². The molecule has 3 atom stereocenters. The number of carbonyl (C=O) groups excluding carboxylic acids is 2. The van der Waals surface area contributed by atoms with Gasteiger partial charge < -0.3 is 14.4 Å². The quantitative estimate of drug-likeness (QED) is 0.325. The molecule has 1 aliphatic rings. The number of hydrogen-bond donors (Lipinski definition) is 0. The molecule has 0 aromatic carbocycles. The average molecular weight is 449 g/mol. The van der Waals surface area contributed by atoms with Gasteiger partial charge >= 0.3 is 5.97 Å². The lowest BCUT2D eigenvalue weighted by molar-refractivity contribution is -0.149. The van der Waals surface area contributed by atoms with Gasteiger partial charge in [-0.15, -0.1) is 13.2 Å². The number of ether oxygens (including phenoxy) is 2. The Morgan fingerprint density at radius 2 is 1.72 bits per heavy atom. The average Bonchev–Trinajstić information content (AvgIpc) is 2.71. The molecule has 1 aliphatic carbocycles. The van der Waals surface area contributed by atoms with E-state index >= 15 is 0 Å². The summed E-state index contributed by atoms with van der Waals surface area (Å²) in [6, 6.07) is -0.427. The van der Waals surface area contributed by atoms with Crippen molar-refractivity contribution >= 4 is 11.9 Å². The van der Waals surface area contributed by atoms with E-state index in [0.717, 1.165) is 12.8 Å². The second-order valence-corrected chi connectivity index (χ2v) is 9.30. The van der Waals surface area contributed by atoms with Crippen LogP contribution in [0.5, 0.6) is 0 Å². The summed E-state index contributed by atoms with van der Waals surface area (Å²) in [4.78, 5) is 29.9. The van der Waals surface area contributed by atoms with E-state index in [9.17, 15) is 9.59 Å². The van der Waals surface area contributed by atoms with Crippen LogP contribution in [0.4, 0.5) is 0 Å². The minimum absolute atomic E-state index is 0.0178. The zero-order valence-corrected chi connectivity index (χ0v) is 21.2. The Morgan fingerprint density at radius 3 is 2.12 bits per heavy atom. The smallest absolute Gasteiger partial charge is 0.333 e. The van der Waals surface area contributed by atoms with Crippen LogP contribution >= 0.6 is 0 Å². The molecule has 6 nitrogen and oxygen atoms in total. The molecule has 0 saturated carbocycles. The van der Waals surface area contributed by atoms with Gasteiger partial charge in [0.05, 0.1) is 24.9 Å². The molecule has 0 aromatic heterocycles. The van der Waals surface area contributed by atoms with E-state index in [1.54, 1.807) is 13.8 Å². The van der Waals surface area contributed by atoms with Crippen LogP contribution in [-0.2, 0) is 19.1 Å². The highest BCUT2D eigenvalue weighted by molar-refractivity contribution is 5.89. The largest absolute Gasteiger partial charge is 0.463 e. The molecule has 1 amide bonds. The van der Waals surface area contributed by atoms with Crippen molar-refractivity contribution in [3.8, 4) is 0 Å². The van der Waals surface area contributed by atoms with Crippen molar-refractivity contribution in [2.24, 2.45) is 0 Å². The van der Waals surface area contributed by atoms with Gasteiger partial charge in [0.1, 0.15) is 0 Å². The molecule has 0 bridgehead atoms. The Bertz CT molecular complexity index is 666. The summed E-state index contributed by atoms with van der Waals surface area (Å²) in [5, 5.41) is 0. The van der Waals surface area contributed by atoms with Crippen molar-refractivity contribution in [2.75, 3.05) is 19.7 Å². The molecule has 182 valence electrons. The lowest BCUT2D eigenvalue weighted by Crippen LogP contribution is -2.65. The van der Waals surface area contributed by atoms with Crippen molar-refractivity contribution in [1.82, 2.24) is 9.80 Å². The van der Waals surface area contributed by atoms with Gasteiger partial charge in [-0.05, 0) is 53.0 Å². The molecular weight excluding hydrogens is 404 g/mol. The summed E-state index contributed by atoms with van der Waals surface area (Å²) in [5.41, 5.74) is 0.174. The first-order valence-corrected chi connectivity index (χ1v) is 11.8. The maximum absolute atomic E-state index is 13.0. The van der Waals surface area contributed by atoms with Crippen molar-refractivity contribution in [1.29, 1.82) is 0 Å². The molecule has 3 unspecified atom stereocenters. The van der Waals surface area contributed by atoms with Gasteiger partial charge in [-0.2, -0.15) is 0 Å². The lowest BCUT2D eigenvalue weighted by Gasteiger charge is -2.51. The first-order chi connectivity index (χ1) is 15.0. The monoisotopic (exact) mass is 448 g/mol. The van der Waals surface area contributed by atoms with Gasteiger partial charge in [-0.3, -0.25) is 9.69 Å². The molecule has 0 aliphatic heterocycles. The molecule has 0 heterocycles. The zero-order valence-electron chi connectivity index (χ0n) is 21.2. The predicted octanol–water partition coefficient (Wildman–Crippen LogP) is 4.51. The van der Waals surface area contributed by atoms with E-state index in [0.29, 0.717) is 31.7 Å². The fourth-order valence-corrected chi connectivity index (χ4v) is 4.60. The van der Waals surface area contributed by atoms with E-state index in [1.807, 2.05) is 43.9 Å². The summed E-state index contributed by atoms with van der Waals surface area (Å²) in [6.45, 7) is 23.1. The highest BCUT2D eigenvalue weighted by atomic mass is 16.5. The Kier molecular flexibility index (Phi) is 11.4. The second-order valence-electron chi connectivity index (χ2n) is 9.30. The van der Waals surface area contributed by atoms with E-state index in [2.05, 4.69) is 31.9 Å². The SMILES string of the molecule is C=CCN(CC=C)C1CC(C(=O)OCC)=CC(OC(CC)CC)C1N(C(C)=O)C(C)(C)C. The number of nitrogens with zero attached hydrogens (tertiary/aromatic N) is 2. The normalized spacial score (nSPS) is 21.3. The Balaban J connectivity index is 3.69. The molecule has 0 N–H and O–H groups in total. The van der Waals surface area contributed by atoms with Crippen LogP contribution in [0.25, 0.3) is 0 Å². The van der Waals surface area contributed by atoms with Crippen LogP contribution in [0.1, 0.15) is 67.7 Å². The fraction of sp³-hybridized carbons (Fsp3) is 0.692. The molecule has 0 aromatic rings. The third kappa shape index (κ3) is 7.31. The fourth-order valence-electron chi connectivity index (χ4n) is 4.60. The van der Waals surface area contributed by atoms with E-state index < -0.39 is 11.6 Å². The van der Waals surface area contributed by atoms with Crippen LogP contribution < -0.4 is 0 Å². The van der Waals surface area contributed by atoms with Crippen molar-refractivity contribution < 1.29 is 19.1 Å². The highest BCUT2D eigenvalue weighted by Crippen LogP contribution is 2.34. The molecule has 0 fully saturated rings. The van der Waals surface area contributed by atoms with Crippen LogP contribution in [0.3, 0.4) is 0 Å². The Hall–Kier alpha value is -1.92. The van der Waals surface area contributed by atoms with Crippen LogP contribution in [0, 0.1) is 0 Å².